The summed E-state index contributed by atoms with van der Waals surface area (Å²) in [6.45, 7) is 5.72. The fourth-order valence-electron chi connectivity index (χ4n) is 4.78. The number of aromatic nitrogens is 2. The van der Waals surface area contributed by atoms with E-state index in [0.29, 0.717) is 17.9 Å². The van der Waals surface area contributed by atoms with Crippen molar-refractivity contribution < 1.29 is 4.79 Å². The van der Waals surface area contributed by atoms with Gasteiger partial charge in [0.25, 0.3) is 0 Å². The molecular weight excluding hydrogens is 304 g/mol. The zero-order chi connectivity index (χ0) is 16.5. The minimum absolute atomic E-state index is 0.255. The van der Waals surface area contributed by atoms with E-state index in [0.717, 1.165) is 45.2 Å². The number of fused-ring (bicyclic) bond motifs is 1. The van der Waals surface area contributed by atoms with Gasteiger partial charge in [-0.3, -0.25) is 4.90 Å². The van der Waals surface area contributed by atoms with Gasteiger partial charge in [-0.2, -0.15) is 0 Å². The molecule has 2 saturated heterocycles. The predicted octanol–water partition coefficient (Wildman–Crippen LogP) is 0.778. The van der Waals surface area contributed by atoms with Crippen LogP contribution in [0.1, 0.15) is 19.3 Å². The van der Waals surface area contributed by atoms with Gasteiger partial charge in [-0.25, -0.2) is 14.8 Å². The fourth-order valence-corrected chi connectivity index (χ4v) is 4.78. The third-order valence-corrected chi connectivity index (χ3v) is 5.99. The highest BCUT2D eigenvalue weighted by Crippen LogP contribution is 2.39. The quantitative estimate of drug-likeness (QED) is 0.867. The first-order chi connectivity index (χ1) is 11.7. The maximum Gasteiger partial charge on any atom is 0.314 e. The lowest BCUT2D eigenvalue weighted by Gasteiger charge is -2.44. The van der Waals surface area contributed by atoms with Crippen LogP contribution in [0.3, 0.4) is 0 Å². The SMILES string of the molecule is NC(=O)N1C[C@H]2CCCC(N3CCN(c4ncccn4)CC3)[C@@H]2C1. The van der Waals surface area contributed by atoms with Crippen LogP contribution < -0.4 is 10.6 Å². The Labute approximate surface area is 142 Å². The largest absolute Gasteiger partial charge is 0.351 e. The zero-order valence-electron chi connectivity index (χ0n) is 14.0. The monoisotopic (exact) mass is 330 g/mol. The van der Waals surface area contributed by atoms with Gasteiger partial charge in [0.1, 0.15) is 0 Å². The first-order valence-corrected chi connectivity index (χ1v) is 9.03. The highest BCUT2D eigenvalue weighted by atomic mass is 16.2. The van der Waals surface area contributed by atoms with Gasteiger partial charge in [0.2, 0.25) is 5.95 Å². The molecule has 3 fully saturated rings. The Hall–Kier alpha value is -1.89. The molecule has 3 aliphatic rings. The van der Waals surface area contributed by atoms with Crippen LogP contribution in [0.25, 0.3) is 0 Å². The highest BCUT2D eigenvalue weighted by Gasteiger charge is 2.43. The van der Waals surface area contributed by atoms with E-state index in [4.69, 9.17) is 5.73 Å². The molecule has 0 radical (unpaired) electrons. The van der Waals surface area contributed by atoms with E-state index in [9.17, 15) is 4.79 Å². The van der Waals surface area contributed by atoms with Gasteiger partial charge in [0.05, 0.1) is 0 Å². The van der Waals surface area contributed by atoms with E-state index in [1.807, 2.05) is 11.0 Å². The summed E-state index contributed by atoms with van der Waals surface area (Å²) in [5, 5.41) is 0. The lowest BCUT2D eigenvalue weighted by molar-refractivity contribution is 0.0827. The van der Waals surface area contributed by atoms with Crippen LogP contribution in [0, 0.1) is 11.8 Å². The third kappa shape index (κ3) is 2.92. The summed E-state index contributed by atoms with van der Waals surface area (Å²) in [5.41, 5.74) is 5.51. The van der Waals surface area contributed by atoms with Gasteiger partial charge < -0.3 is 15.5 Å². The lowest BCUT2D eigenvalue weighted by atomic mass is 9.77. The molecular formula is C17H26N6O. The molecule has 1 saturated carbocycles. The fraction of sp³-hybridized carbons (Fsp3) is 0.706. The van der Waals surface area contributed by atoms with Gasteiger partial charge in [0.15, 0.2) is 0 Å². The van der Waals surface area contributed by atoms with Crippen molar-refractivity contribution in [1.29, 1.82) is 0 Å². The van der Waals surface area contributed by atoms with Crippen LogP contribution in [0.2, 0.25) is 0 Å². The van der Waals surface area contributed by atoms with Crippen molar-refractivity contribution in [2.24, 2.45) is 17.6 Å². The van der Waals surface area contributed by atoms with Crippen molar-refractivity contribution in [1.82, 2.24) is 19.8 Å². The minimum atomic E-state index is -0.255. The number of carbonyl (C=O) groups excluding carboxylic acids is 1. The Balaban J connectivity index is 1.39. The van der Waals surface area contributed by atoms with Gasteiger partial charge >= 0.3 is 6.03 Å². The molecule has 1 unspecified atom stereocenters. The number of nitrogens with zero attached hydrogens (tertiary/aromatic N) is 5. The van der Waals surface area contributed by atoms with Crippen molar-refractivity contribution in [3.63, 3.8) is 0 Å². The average molecular weight is 330 g/mol. The molecule has 130 valence electrons. The minimum Gasteiger partial charge on any atom is -0.351 e. The van der Waals surface area contributed by atoms with Crippen LogP contribution in [-0.2, 0) is 0 Å². The number of piperazine rings is 1. The number of amides is 2. The summed E-state index contributed by atoms with van der Waals surface area (Å²) in [6.07, 6.45) is 7.35. The van der Waals surface area contributed by atoms with Crippen LogP contribution in [0.4, 0.5) is 10.7 Å². The lowest BCUT2D eigenvalue weighted by Crippen LogP contribution is -2.54. The number of hydrogen-bond donors (Lipinski definition) is 1. The Morgan fingerprint density at radius 2 is 1.83 bits per heavy atom. The summed E-state index contributed by atoms with van der Waals surface area (Å²) in [6, 6.07) is 2.19. The first kappa shape index (κ1) is 15.6. The summed E-state index contributed by atoms with van der Waals surface area (Å²) in [5.74, 6) is 2.05. The first-order valence-electron chi connectivity index (χ1n) is 9.03. The van der Waals surface area contributed by atoms with Gasteiger partial charge in [-0.1, -0.05) is 6.42 Å². The second-order valence-electron chi connectivity index (χ2n) is 7.24. The Morgan fingerprint density at radius 1 is 1.08 bits per heavy atom. The molecule has 2 N–H and O–H groups in total. The molecule has 1 aliphatic carbocycles. The molecule has 2 aliphatic heterocycles. The predicted molar refractivity (Wildman–Crippen MR) is 91.6 cm³/mol. The van der Waals surface area contributed by atoms with E-state index in [1.165, 1.54) is 19.3 Å². The van der Waals surface area contributed by atoms with Crippen LogP contribution in [-0.4, -0.2) is 71.1 Å². The molecule has 7 heteroatoms. The average Bonchev–Trinajstić information content (AvgIpc) is 3.07. The maximum absolute atomic E-state index is 11.5. The van der Waals surface area contributed by atoms with Gasteiger partial charge in [-0.05, 0) is 30.7 Å². The Morgan fingerprint density at radius 3 is 2.54 bits per heavy atom. The van der Waals surface area contributed by atoms with E-state index >= 15 is 0 Å². The van der Waals surface area contributed by atoms with Crippen LogP contribution >= 0.6 is 0 Å². The number of hydrogen-bond acceptors (Lipinski definition) is 5. The van der Waals surface area contributed by atoms with Crippen LogP contribution in [0.5, 0.6) is 0 Å². The van der Waals surface area contributed by atoms with Crippen molar-refractivity contribution in [3.05, 3.63) is 18.5 Å². The third-order valence-electron chi connectivity index (χ3n) is 5.99. The molecule has 0 spiro atoms. The normalized spacial score (nSPS) is 31.1. The number of rotatable bonds is 2. The molecule has 0 aromatic carbocycles. The number of primary amides is 1. The molecule has 7 nitrogen and oxygen atoms in total. The molecule has 0 bridgehead atoms. The number of anilines is 1. The molecule has 1 aromatic rings. The summed E-state index contributed by atoms with van der Waals surface area (Å²) >= 11 is 0. The zero-order valence-corrected chi connectivity index (χ0v) is 14.0. The Kier molecular flexibility index (Phi) is 4.26. The summed E-state index contributed by atoms with van der Waals surface area (Å²) < 4.78 is 0. The van der Waals surface area contributed by atoms with Crippen LogP contribution in [0.15, 0.2) is 18.5 Å². The molecule has 3 heterocycles. The smallest absolute Gasteiger partial charge is 0.314 e. The Bertz CT molecular complexity index is 574. The number of carbonyl (C=O) groups is 1. The van der Waals surface area contributed by atoms with Crippen molar-refractivity contribution >= 4 is 12.0 Å². The highest BCUT2D eigenvalue weighted by molar-refractivity contribution is 5.72. The topological polar surface area (TPSA) is 78.6 Å². The van der Waals surface area contributed by atoms with E-state index in [2.05, 4.69) is 19.8 Å². The molecule has 4 rings (SSSR count). The summed E-state index contributed by atoms with van der Waals surface area (Å²) in [7, 11) is 0. The molecule has 3 atom stereocenters. The van der Waals surface area contributed by atoms with Crippen molar-refractivity contribution in [3.8, 4) is 0 Å². The number of urea groups is 1. The molecule has 24 heavy (non-hydrogen) atoms. The van der Waals surface area contributed by atoms with Gasteiger partial charge in [-0.15, -0.1) is 0 Å². The molecule has 2 amide bonds. The second-order valence-corrected chi connectivity index (χ2v) is 7.24. The standard InChI is InChI=1S/C17H26N6O/c18-16(24)23-11-13-3-1-4-15(14(13)12-23)21-7-9-22(10-8-21)17-19-5-2-6-20-17/h2,5-6,13-15H,1,3-4,7-12H2,(H2,18,24)/t13-,14-,15?/m1/s1. The number of likely N-dealkylation sites (tertiary alicyclic amines) is 1. The van der Waals surface area contributed by atoms with Gasteiger partial charge in [0, 0.05) is 57.7 Å². The van der Waals surface area contributed by atoms with E-state index < -0.39 is 0 Å². The van der Waals surface area contributed by atoms with Crippen molar-refractivity contribution in [2.75, 3.05) is 44.2 Å². The van der Waals surface area contributed by atoms with E-state index in [1.54, 1.807) is 12.4 Å². The van der Waals surface area contributed by atoms with E-state index in [-0.39, 0.29) is 6.03 Å². The second kappa shape index (κ2) is 6.55. The van der Waals surface area contributed by atoms with Crippen molar-refractivity contribution in [2.45, 2.75) is 25.3 Å². The number of nitrogens with two attached hydrogens (primary N) is 1. The summed E-state index contributed by atoms with van der Waals surface area (Å²) in [4.78, 5) is 27.0. The molecule has 1 aromatic heterocycles. The maximum atomic E-state index is 11.5.